The first-order valence-corrected chi connectivity index (χ1v) is 3.81. The van der Waals surface area contributed by atoms with Gasteiger partial charge in [0.2, 0.25) is 0 Å². The number of carbonyl (C=O) groups is 1. The molecule has 0 saturated heterocycles. The van der Waals surface area contributed by atoms with Crippen LogP contribution in [0.3, 0.4) is 0 Å². The number of hydrogen-bond donors (Lipinski definition) is 1. The third-order valence-electron chi connectivity index (χ3n) is 1.96. The molecular formula is C8H17NO. The number of hydrogen-bond acceptors (Lipinski definition) is 2. The van der Waals surface area contributed by atoms with Crippen LogP contribution in [-0.2, 0) is 4.79 Å². The van der Waals surface area contributed by atoms with E-state index in [9.17, 15) is 4.79 Å². The maximum atomic E-state index is 10.9. The van der Waals surface area contributed by atoms with Gasteiger partial charge < -0.3 is 5.32 Å². The molecule has 10 heavy (non-hydrogen) atoms. The van der Waals surface area contributed by atoms with E-state index in [2.05, 4.69) is 19.2 Å². The van der Waals surface area contributed by atoms with Crippen LogP contribution in [0.15, 0.2) is 0 Å². The molecule has 0 fully saturated rings. The first-order valence-electron chi connectivity index (χ1n) is 3.81. The average molecular weight is 143 g/mol. The van der Waals surface area contributed by atoms with E-state index in [-0.39, 0.29) is 11.8 Å². The van der Waals surface area contributed by atoms with Crippen LogP contribution in [0.2, 0.25) is 0 Å². The highest BCUT2D eigenvalue weighted by Gasteiger charge is 2.17. The Morgan fingerprint density at radius 2 is 2.10 bits per heavy atom. The van der Waals surface area contributed by atoms with E-state index in [1.54, 1.807) is 6.92 Å². The maximum Gasteiger partial charge on any atom is 0.146 e. The summed E-state index contributed by atoms with van der Waals surface area (Å²) in [5.74, 6) is 0.680. The molecule has 0 rings (SSSR count). The topological polar surface area (TPSA) is 29.1 Å². The van der Waals surface area contributed by atoms with Gasteiger partial charge in [-0.15, -0.1) is 0 Å². The van der Waals surface area contributed by atoms with E-state index < -0.39 is 0 Å². The molecule has 2 unspecified atom stereocenters. The lowest BCUT2D eigenvalue weighted by Gasteiger charge is -2.18. The van der Waals surface area contributed by atoms with Gasteiger partial charge in [-0.25, -0.2) is 0 Å². The molecule has 0 radical (unpaired) electrons. The number of likely N-dealkylation sites (N-methyl/N-ethyl adjacent to an activating group) is 1. The minimum absolute atomic E-state index is 0.0463. The van der Waals surface area contributed by atoms with Gasteiger partial charge in [-0.05, 0) is 19.9 Å². The normalized spacial score (nSPS) is 16.4. The summed E-state index contributed by atoms with van der Waals surface area (Å²) in [7, 11) is 1.83. The molecule has 1 N–H and O–H groups in total. The number of rotatable bonds is 4. The lowest BCUT2D eigenvalue weighted by Crippen LogP contribution is -2.37. The van der Waals surface area contributed by atoms with Crippen LogP contribution in [0, 0.1) is 5.92 Å². The average Bonchev–Trinajstić information content (AvgIpc) is 1.88. The molecule has 0 bridgehead atoms. The van der Waals surface area contributed by atoms with Gasteiger partial charge in [-0.1, -0.05) is 20.3 Å². The second-order valence-electron chi connectivity index (χ2n) is 2.76. The summed E-state index contributed by atoms with van der Waals surface area (Å²) in [5.41, 5.74) is 0. The molecule has 60 valence electrons. The Kier molecular flexibility index (Phi) is 4.28. The zero-order valence-electron chi connectivity index (χ0n) is 7.27. The highest BCUT2D eigenvalue weighted by molar-refractivity contribution is 5.81. The van der Waals surface area contributed by atoms with E-state index in [1.807, 2.05) is 7.05 Å². The van der Waals surface area contributed by atoms with Crippen molar-refractivity contribution in [3.8, 4) is 0 Å². The SMILES string of the molecule is CCC(C)C(NC)C(C)=O. The van der Waals surface area contributed by atoms with Crippen molar-refractivity contribution in [2.45, 2.75) is 33.2 Å². The quantitative estimate of drug-likeness (QED) is 0.641. The molecule has 0 aliphatic carbocycles. The molecule has 0 spiro atoms. The Morgan fingerprint density at radius 3 is 2.20 bits per heavy atom. The largest absolute Gasteiger partial charge is 0.310 e. The van der Waals surface area contributed by atoms with E-state index in [1.165, 1.54) is 0 Å². The molecule has 0 heterocycles. The maximum absolute atomic E-state index is 10.9. The van der Waals surface area contributed by atoms with Gasteiger partial charge in [-0.2, -0.15) is 0 Å². The van der Waals surface area contributed by atoms with Gasteiger partial charge in [0.25, 0.3) is 0 Å². The van der Waals surface area contributed by atoms with Gasteiger partial charge in [-0.3, -0.25) is 4.79 Å². The van der Waals surface area contributed by atoms with Crippen LogP contribution in [0.4, 0.5) is 0 Å². The van der Waals surface area contributed by atoms with Crippen molar-refractivity contribution >= 4 is 5.78 Å². The Balaban J connectivity index is 3.92. The molecule has 0 saturated carbocycles. The summed E-state index contributed by atoms with van der Waals surface area (Å²) in [6.45, 7) is 5.81. The predicted molar refractivity (Wildman–Crippen MR) is 43.0 cm³/mol. The summed E-state index contributed by atoms with van der Waals surface area (Å²) >= 11 is 0. The zero-order valence-corrected chi connectivity index (χ0v) is 7.27. The van der Waals surface area contributed by atoms with Gasteiger partial charge in [0, 0.05) is 0 Å². The molecule has 2 atom stereocenters. The van der Waals surface area contributed by atoms with Gasteiger partial charge in [0.15, 0.2) is 0 Å². The highest BCUT2D eigenvalue weighted by Crippen LogP contribution is 2.07. The number of Topliss-reactive ketones (excluding diaryl/α,β-unsaturated/α-hetero) is 1. The lowest BCUT2D eigenvalue weighted by molar-refractivity contribution is -0.119. The summed E-state index contributed by atoms with van der Waals surface area (Å²) in [4.78, 5) is 10.9. The van der Waals surface area contributed by atoms with Crippen LogP contribution in [0.25, 0.3) is 0 Å². The minimum Gasteiger partial charge on any atom is -0.310 e. The Hall–Kier alpha value is -0.370. The van der Waals surface area contributed by atoms with Crippen LogP contribution >= 0.6 is 0 Å². The molecule has 2 nitrogen and oxygen atoms in total. The first-order chi connectivity index (χ1) is 4.63. The zero-order chi connectivity index (χ0) is 8.15. The van der Waals surface area contributed by atoms with Gasteiger partial charge >= 0.3 is 0 Å². The van der Waals surface area contributed by atoms with Crippen molar-refractivity contribution in [2.24, 2.45) is 5.92 Å². The Labute approximate surface area is 63.0 Å². The number of ketones is 1. The molecule has 0 aliphatic rings. The van der Waals surface area contributed by atoms with E-state index in [4.69, 9.17) is 0 Å². The van der Waals surface area contributed by atoms with Gasteiger partial charge in [0.1, 0.15) is 5.78 Å². The third-order valence-corrected chi connectivity index (χ3v) is 1.96. The van der Waals surface area contributed by atoms with Crippen LogP contribution in [0.1, 0.15) is 27.2 Å². The van der Waals surface area contributed by atoms with E-state index in [0.717, 1.165) is 6.42 Å². The smallest absolute Gasteiger partial charge is 0.146 e. The number of carbonyl (C=O) groups excluding carboxylic acids is 1. The van der Waals surface area contributed by atoms with Crippen molar-refractivity contribution in [1.82, 2.24) is 5.32 Å². The number of nitrogens with one attached hydrogen (secondary N) is 1. The van der Waals surface area contributed by atoms with Crippen molar-refractivity contribution < 1.29 is 4.79 Å². The minimum atomic E-state index is 0.0463. The van der Waals surface area contributed by atoms with Crippen molar-refractivity contribution in [3.63, 3.8) is 0 Å². The molecule has 0 aromatic carbocycles. The molecule has 0 aromatic rings. The van der Waals surface area contributed by atoms with E-state index in [0.29, 0.717) is 5.92 Å². The van der Waals surface area contributed by atoms with Gasteiger partial charge in [0.05, 0.1) is 6.04 Å². The summed E-state index contributed by atoms with van der Waals surface area (Å²) in [6, 6.07) is 0.0463. The molecule has 0 aliphatic heterocycles. The second-order valence-corrected chi connectivity index (χ2v) is 2.76. The lowest BCUT2D eigenvalue weighted by atomic mass is 9.96. The monoisotopic (exact) mass is 143 g/mol. The Bertz CT molecular complexity index is 112. The van der Waals surface area contributed by atoms with E-state index >= 15 is 0 Å². The fourth-order valence-electron chi connectivity index (χ4n) is 1.12. The van der Waals surface area contributed by atoms with Crippen molar-refractivity contribution in [3.05, 3.63) is 0 Å². The van der Waals surface area contributed by atoms with Crippen LogP contribution in [-0.4, -0.2) is 18.9 Å². The highest BCUT2D eigenvalue weighted by atomic mass is 16.1. The first kappa shape index (κ1) is 9.63. The molecule has 2 heteroatoms. The summed E-state index contributed by atoms with van der Waals surface area (Å²) < 4.78 is 0. The Morgan fingerprint density at radius 1 is 1.60 bits per heavy atom. The summed E-state index contributed by atoms with van der Waals surface area (Å²) in [5, 5.41) is 3.00. The standard InChI is InChI=1S/C8H17NO/c1-5-6(2)8(9-4)7(3)10/h6,8-9H,5H2,1-4H3. The van der Waals surface area contributed by atoms with Crippen LogP contribution in [0.5, 0.6) is 0 Å². The molecule has 0 aromatic heterocycles. The van der Waals surface area contributed by atoms with Crippen LogP contribution < -0.4 is 5.32 Å². The molecule has 0 amide bonds. The second kappa shape index (κ2) is 4.45. The fourth-order valence-corrected chi connectivity index (χ4v) is 1.12. The predicted octanol–water partition coefficient (Wildman–Crippen LogP) is 1.21. The summed E-state index contributed by atoms with van der Waals surface area (Å²) in [6.07, 6.45) is 1.05. The van der Waals surface area contributed by atoms with Crippen molar-refractivity contribution in [2.75, 3.05) is 7.05 Å². The fraction of sp³-hybridized carbons (Fsp3) is 0.875. The third kappa shape index (κ3) is 2.48. The molecular weight excluding hydrogens is 126 g/mol. The van der Waals surface area contributed by atoms with Crippen molar-refractivity contribution in [1.29, 1.82) is 0 Å².